The molecule has 0 bridgehead atoms. The van der Waals surface area contributed by atoms with Crippen LogP contribution in [0.1, 0.15) is 22.1 Å². The normalized spacial score (nSPS) is 17.9. The predicted molar refractivity (Wildman–Crippen MR) is 102 cm³/mol. The first-order chi connectivity index (χ1) is 13.1. The van der Waals surface area contributed by atoms with Crippen LogP contribution in [0, 0.1) is 0 Å². The summed E-state index contributed by atoms with van der Waals surface area (Å²) in [5.41, 5.74) is 1.72. The standard InChI is InChI=1S/C19H16N4O3S/c1-26-18(25)12-9-7-11(8-10-12)16-20-14-6-4-3-5-13(14)15-17(24)21-19(27-2)22-23(15)16/h3-10,16H,1-2H3,(H,21,22,24)/t16-/m1/s1. The number of hydrazone groups is 1. The lowest BCUT2D eigenvalue weighted by Gasteiger charge is -2.33. The van der Waals surface area contributed by atoms with Crippen LogP contribution in [-0.2, 0) is 9.53 Å². The van der Waals surface area contributed by atoms with Crippen molar-refractivity contribution in [2.45, 2.75) is 6.17 Å². The molecule has 0 radical (unpaired) electrons. The Morgan fingerprint density at radius 1 is 1.19 bits per heavy atom. The first-order valence-electron chi connectivity index (χ1n) is 8.21. The number of nitrogens with zero attached hydrogens (tertiary/aromatic N) is 3. The van der Waals surface area contributed by atoms with E-state index in [0.717, 1.165) is 16.1 Å². The molecule has 0 fully saturated rings. The molecule has 1 atom stereocenters. The van der Waals surface area contributed by atoms with Crippen LogP contribution in [0.15, 0.2) is 58.6 Å². The number of para-hydroxylation sites is 1. The van der Waals surface area contributed by atoms with E-state index in [1.165, 1.54) is 18.9 Å². The minimum atomic E-state index is -0.505. The highest BCUT2D eigenvalue weighted by atomic mass is 32.2. The summed E-state index contributed by atoms with van der Waals surface area (Å²) in [6.45, 7) is 0. The van der Waals surface area contributed by atoms with Gasteiger partial charge in [0.15, 0.2) is 11.3 Å². The number of ether oxygens (including phenoxy) is 1. The Morgan fingerprint density at radius 3 is 2.63 bits per heavy atom. The van der Waals surface area contributed by atoms with Crippen molar-refractivity contribution in [3.05, 3.63) is 70.2 Å². The number of esters is 1. The summed E-state index contributed by atoms with van der Waals surface area (Å²) < 4.78 is 4.74. The summed E-state index contributed by atoms with van der Waals surface area (Å²) in [7, 11) is 1.34. The Hall–Kier alpha value is -3.13. The van der Waals surface area contributed by atoms with Crippen LogP contribution in [0.3, 0.4) is 0 Å². The van der Waals surface area contributed by atoms with Gasteiger partial charge in [-0.3, -0.25) is 15.1 Å². The molecule has 8 heteroatoms. The second-order valence-corrected chi connectivity index (χ2v) is 6.69. The number of thioether (sulfide) groups is 1. The van der Waals surface area contributed by atoms with Crippen molar-refractivity contribution >= 4 is 34.5 Å². The number of amidine groups is 1. The fourth-order valence-electron chi connectivity index (χ4n) is 3.05. The summed E-state index contributed by atoms with van der Waals surface area (Å²) in [5.74, 6) is -0.618. The number of methoxy groups -OCH3 is 1. The zero-order valence-electron chi connectivity index (χ0n) is 14.7. The monoisotopic (exact) mass is 380 g/mol. The van der Waals surface area contributed by atoms with E-state index >= 15 is 0 Å². The Bertz CT molecular complexity index is 1080. The molecule has 2 heterocycles. The van der Waals surface area contributed by atoms with Gasteiger partial charge in [-0.1, -0.05) is 42.1 Å². The first kappa shape index (κ1) is 17.3. The molecule has 4 rings (SSSR count). The van der Waals surface area contributed by atoms with Crippen molar-refractivity contribution in [2.75, 3.05) is 13.4 Å². The van der Waals surface area contributed by atoms with Gasteiger partial charge in [0.25, 0.3) is 5.91 Å². The van der Waals surface area contributed by atoms with Crippen molar-refractivity contribution in [1.29, 1.82) is 0 Å². The minimum Gasteiger partial charge on any atom is -0.465 e. The number of hydrogen-bond acceptors (Lipinski definition) is 7. The van der Waals surface area contributed by atoms with Gasteiger partial charge in [0, 0.05) is 5.22 Å². The number of benzene rings is 2. The zero-order valence-corrected chi connectivity index (χ0v) is 15.5. The van der Waals surface area contributed by atoms with E-state index < -0.39 is 12.1 Å². The third kappa shape index (κ3) is 2.97. The summed E-state index contributed by atoms with van der Waals surface area (Å²) in [6.07, 6.45) is 1.34. The van der Waals surface area contributed by atoms with Crippen LogP contribution in [0.2, 0.25) is 0 Å². The van der Waals surface area contributed by atoms with Crippen molar-refractivity contribution in [3.8, 4) is 0 Å². The van der Waals surface area contributed by atoms with E-state index in [2.05, 4.69) is 10.4 Å². The van der Waals surface area contributed by atoms with Gasteiger partial charge in [-0.15, -0.1) is 5.10 Å². The van der Waals surface area contributed by atoms with Gasteiger partial charge in [0.05, 0.1) is 18.0 Å². The second kappa shape index (κ2) is 6.88. The largest absolute Gasteiger partial charge is 0.465 e. The number of carbonyl (C=O) groups excluding carboxylic acids is 2. The number of hydrogen-bond donors (Lipinski definition) is 1. The van der Waals surface area contributed by atoms with Gasteiger partial charge in [0.1, 0.15) is 5.70 Å². The highest BCUT2D eigenvalue weighted by Gasteiger charge is 2.34. The van der Waals surface area contributed by atoms with E-state index in [1.807, 2.05) is 30.5 Å². The highest BCUT2D eigenvalue weighted by molar-refractivity contribution is 8.13. The summed E-state index contributed by atoms with van der Waals surface area (Å²) in [5, 5.41) is 11.0. The molecule has 0 spiro atoms. The van der Waals surface area contributed by atoms with Gasteiger partial charge >= 0.3 is 5.97 Å². The molecule has 0 unspecified atom stereocenters. The summed E-state index contributed by atoms with van der Waals surface area (Å²) in [4.78, 5) is 29.2. The highest BCUT2D eigenvalue weighted by Crippen LogP contribution is 2.30. The lowest BCUT2D eigenvalue weighted by Crippen LogP contribution is -2.50. The number of carbonyl (C=O) groups is 2. The van der Waals surface area contributed by atoms with Gasteiger partial charge in [-0.25, -0.2) is 9.80 Å². The van der Waals surface area contributed by atoms with Crippen LogP contribution >= 0.6 is 11.8 Å². The van der Waals surface area contributed by atoms with Crippen LogP contribution in [0.5, 0.6) is 0 Å². The zero-order chi connectivity index (χ0) is 19.0. The Balaban J connectivity index is 1.87. The molecule has 0 saturated heterocycles. The fraction of sp³-hybridized carbons (Fsp3) is 0.158. The first-order valence-corrected chi connectivity index (χ1v) is 9.43. The molecular weight excluding hydrogens is 364 g/mol. The number of rotatable bonds is 2. The maximum atomic E-state index is 12.7. The lowest BCUT2D eigenvalue weighted by atomic mass is 10.1. The fourth-order valence-corrected chi connectivity index (χ4v) is 3.41. The van der Waals surface area contributed by atoms with Crippen LogP contribution in [0.4, 0.5) is 0 Å². The quantitative estimate of drug-likeness (QED) is 0.786. The number of nitrogens with one attached hydrogen (secondary N) is 1. The van der Waals surface area contributed by atoms with Crippen LogP contribution in [-0.4, -0.2) is 35.4 Å². The van der Waals surface area contributed by atoms with E-state index in [0.29, 0.717) is 16.4 Å². The molecule has 7 nitrogen and oxygen atoms in total. The molecule has 0 saturated carbocycles. The molecule has 2 aromatic rings. The van der Waals surface area contributed by atoms with Gasteiger partial charge in [0.2, 0.25) is 0 Å². The van der Waals surface area contributed by atoms with Crippen LogP contribution < -0.4 is 15.9 Å². The molecule has 0 aromatic heterocycles. The maximum absolute atomic E-state index is 12.7. The molecule has 136 valence electrons. The second-order valence-electron chi connectivity index (χ2n) is 5.89. The van der Waals surface area contributed by atoms with Gasteiger partial charge < -0.3 is 4.74 Å². The molecule has 2 aliphatic rings. The Labute approximate surface area is 159 Å². The van der Waals surface area contributed by atoms with E-state index in [4.69, 9.17) is 9.73 Å². The summed E-state index contributed by atoms with van der Waals surface area (Å²) >= 11 is 1.35. The third-order valence-corrected chi connectivity index (χ3v) is 4.91. The van der Waals surface area contributed by atoms with E-state index in [1.54, 1.807) is 29.3 Å². The molecular formula is C19H16N4O3S. The Kier molecular flexibility index (Phi) is 4.41. The SMILES string of the molecule is COC(=O)c1ccc([C@@H]2N=c3ccccc3=C3C(=O)NC(SC)=NN32)cc1. The minimum absolute atomic E-state index is 0.215. The lowest BCUT2D eigenvalue weighted by molar-refractivity contribution is -0.116. The van der Waals surface area contributed by atoms with E-state index in [-0.39, 0.29) is 5.91 Å². The topological polar surface area (TPSA) is 83.4 Å². The van der Waals surface area contributed by atoms with Crippen LogP contribution in [0.25, 0.3) is 5.70 Å². The average Bonchev–Trinajstić information content (AvgIpc) is 2.72. The predicted octanol–water partition coefficient (Wildman–Crippen LogP) is 0.979. The average molecular weight is 380 g/mol. The van der Waals surface area contributed by atoms with Crippen molar-refractivity contribution in [1.82, 2.24) is 10.3 Å². The molecule has 27 heavy (non-hydrogen) atoms. The van der Waals surface area contributed by atoms with Crippen molar-refractivity contribution in [2.24, 2.45) is 10.1 Å². The summed E-state index contributed by atoms with van der Waals surface area (Å²) in [6, 6.07) is 14.4. The third-order valence-electron chi connectivity index (χ3n) is 4.34. The van der Waals surface area contributed by atoms with Gasteiger partial charge in [-0.2, -0.15) is 0 Å². The molecule has 1 amide bonds. The molecule has 1 N–H and O–H groups in total. The maximum Gasteiger partial charge on any atom is 0.337 e. The number of amides is 1. The van der Waals surface area contributed by atoms with Crippen molar-refractivity contribution < 1.29 is 14.3 Å². The van der Waals surface area contributed by atoms with Crippen molar-refractivity contribution in [3.63, 3.8) is 0 Å². The molecule has 2 aromatic carbocycles. The molecule has 2 aliphatic heterocycles. The van der Waals surface area contributed by atoms with E-state index in [9.17, 15) is 9.59 Å². The number of fused-ring (bicyclic) bond motifs is 2. The Morgan fingerprint density at radius 2 is 1.93 bits per heavy atom. The van der Waals surface area contributed by atoms with Gasteiger partial charge in [-0.05, 0) is 30.0 Å². The molecule has 0 aliphatic carbocycles. The smallest absolute Gasteiger partial charge is 0.337 e.